The van der Waals surface area contributed by atoms with Crippen LogP contribution in [0.2, 0.25) is 0 Å². The number of methoxy groups -OCH3 is 1. The second-order valence-electron chi connectivity index (χ2n) is 4.00. The van der Waals surface area contributed by atoms with Gasteiger partial charge in [-0.3, -0.25) is 0 Å². The molecule has 0 fully saturated rings. The summed E-state index contributed by atoms with van der Waals surface area (Å²) < 4.78 is 36.7. The van der Waals surface area contributed by atoms with Crippen molar-refractivity contribution in [2.75, 3.05) is 45.9 Å². The van der Waals surface area contributed by atoms with Crippen LogP contribution in [0.25, 0.3) is 0 Å². The summed E-state index contributed by atoms with van der Waals surface area (Å²) in [5.74, 6) is 0.0706. The quantitative estimate of drug-likeness (QED) is 0.498. The van der Waals surface area contributed by atoms with E-state index < -0.39 is 10.0 Å². The van der Waals surface area contributed by atoms with E-state index in [0.717, 1.165) is 19.3 Å². The molecule has 0 aliphatic rings. The molecule has 0 aliphatic carbocycles. The summed E-state index contributed by atoms with van der Waals surface area (Å²) in [5, 5.41) is 4.89. The third kappa shape index (κ3) is 15.8. The molecule has 0 radical (unpaired) electrons. The second kappa shape index (κ2) is 11.9. The summed E-state index contributed by atoms with van der Waals surface area (Å²) >= 11 is 0. The predicted molar refractivity (Wildman–Crippen MR) is 70.0 cm³/mol. The summed E-state index contributed by atoms with van der Waals surface area (Å²) in [7, 11) is -1.66. The van der Waals surface area contributed by atoms with Gasteiger partial charge in [-0.2, -0.15) is 0 Å². The van der Waals surface area contributed by atoms with E-state index in [1.807, 2.05) is 0 Å². The fourth-order valence-electron chi connectivity index (χ4n) is 1.33. The van der Waals surface area contributed by atoms with Crippen molar-refractivity contribution in [1.82, 2.24) is 0 Å². The number of hydrogen-bond donors (Lipinski definition) is 1. The molecule has 0 aromatic heterocycles. The largest absolute Gasteiger partial charge is 0.382 e. The van der Waals surface area contributed by atoms with Gasteiger partial charge < -0.3 is 14.2 Å². The van der Waals surface area contributed by atoms with E-state index >= 15 is 0 Å². The zero-order valence-corrected chi connectivity index (χ0v) is 11.9. The molecule has 0 spiro atoms. The highest BCUT2D eigenvalue weighted by atomic mass is 32.2. The van der Waals surface area contributed by atoms with Crippen molar-refractivity contribution in [2.45, 2.75) is 25.7 Å². The van der Waals surface area contributed by atoms with Crippen molar-refractivity contribution in [2.24, 2.45) is 5.14 Å². The summed E-state index contributed by atoms with van der Waals surface area (Å²) in [6.07, 6.45) is 3.38. The maximum absolute atomic E-state index is 10.6. The molecule has 2 N–H and O–H groups in total. The number of unbranched alkanes of at least 4 members (excludes halogenated alkanes) is 3. The van der Waals surface area contributed by atoms with Crippen molar-refractivity contribution in [1.29, 1.82) is 0 Å². The van der Waals surface area contributed by atoms with E-state index in [2.05, 4.69) is 0 Å². The average Bonchev–Trinajstić information content (AvgIpc) is 2.29. The minimum atomic E-state index is -3.29. The average molecular weight is 283 g/mol. The summed E-state index contributed by atoms with van der Waals surface area (Å²) in [6.45, 7) is 3.04. The van der Waals surface area contributed by atoms with Crippen LogP contribution in [0.3, 0.4) is 0 Å². The first-order chi connectivity index (χ1) is 8.56. The Morgan fingerprint density at radius 2 is 1.39 bits per heavy atom. The van der Waals surface area contributed by atoms with Crippen LogP contribution < -0.4 is 5.14 Å². The van der Waals surface area contributed by atoms with Crippen LogP contribution in [-0.2, 0) is 24.2 Å². The van der Waals surface area contributed by atoms with Crippen LogP contribution in [-0.4, -0.2) is 54.3 Å². The Labute approximate surface area is 110 Å². The van der Waals surface area contributed by atoms with Gasteiger partial charge in [0.25, 0.3) is 0 Å². The lowest BCUT2D eigenvalue weighted by atomic mass is 10.2. The van der Waals surface area contributed by atoms with Crippen molar-refractivity contribution < 1.29 is 22.6 Å². The molecule has 0 amide bonds. The molecule has 7 heteroatoms. The van der Waals surface area contributed by atoms with Gasteiger partial charge in [-0.05, 0) is 12.8 Å². The van der Waals surface area contributed by atoms with Gasteiger partial charge in [0.05, 0.1) is 32.2 Å². The Kier molecular flexibility index (Phi) is 11.7. The molecule has 0 heterocycles. The summed E-state index contributed by atoms with van der Waals surface area (Å²) in [6, 6.07) is 0. The smallest absolute Gasteiger partial charge is 0.209 e. The van der Waals surface area contributed by atoms with Crippen molar-refractivity contribution >= 4 is 10.0 Å². The predicted octanol–water partition coefficient (Wildman–Crippen LogP) is 0.515. The summed E-state index contributed by atoms with van der Waals surface area (Å²) in [4.78, 5) is 0. The molecule has 0 saturated carbocycles. The molecular weight excluding hydrogens is 258 g/mol. The van der Waals surface area contributed by atoms with E-state index in [9.17, 15) is 8.42 Å². The molecule has 110 valence electrons. The van der Waals surface area contributed by atoms with Crippen LogP contribution in [0, 0.1) is 0 Å². The highest BCUT2D eigenvalue weighted by Crippen LogP contribution is 2.01. The second-order valence-corrected chi connectivity index (χ2v) is 5.73. The van der Waals surface area contributed by atoms with E-state index in [-0.39, 0.29) is 5.75 Å². The number of hydrogen-bond acceptors (Lipinski definition) is 5. The zero-order valence-electron chi connectivity index (χ0n) is 11.1. The van der Waals surface area contributed by atoms with Crippen LogP contribution >= 0.6 is 0 Å². The number of rotatable bonds is 13. The number of sulfonamides is 1. The van der Waals surface area contributed by atoms with Gasteiger partial charge in [0.1, 0.15) is 0 Å². The molecule has 0 aliphatic heterocycles. The molecule has 6 nitrogen and oxygen atoms in total. The fourth-order valence-corrected chi connectivity index (χ4v) is 1.93. The molecule has 0 bridgehead atoms. The van der Waals surface area contributed by atoms with Gasteiger partial charge in [-0.15, -0.1) is 0 Å². The SMILES string of the molecule is COCCOCCOCCCCCCS(N)(=O)=O. The van der Waals surface area contributed by atoms with Gasteiger partial charge in [0.2, 0.25) is 10.0 Å². The van der Waals surface area contributed by atoms with Crippen molar-refractivity contribution in [3.8, 4) is 0 Å². The van der Waals surface area contributed by atoms with Crippen LogP contribution in [0.4, 0.5) is 0 Å². The van der Waals surface area contributed by atoms with Crippen LogP contribution in [0.5, 0.6) is 0 Å². The van der Waals surface area contributed by atoms with Crippen LogP contribution in [0.15, 0.2) is 0 Å². The first-order valence-electron chi connectivity index (χ1n) is 6.21. The lowest BCUT2D eigenvalue weighted by Crippen LogP contribution is -2.16. The Morgan fingerprint density at radius 1 is 0.833 bits per heavy atom. The van der Waals surface area contributed by atoms with Crippen molar-refractivity contribution in [3.05, 3.63) is 0 Å². The number of ether oxygens (including phenoxy) is 3. The monoisotopic (exact) mass is 283 g/mol. The van der Waals surface area contributed by atoms with Gasteiger partial charge in [0.15, 0.2) is 0 Å². The third-order valence-electron chi connectivity index (χ3n) is 2.27. The first kappa shape index (κ1) is 17.8. The maximum Gasteiger partial charge on any atom is 0.209 e. The standard InChI is InChI=1S/C11H25NO5S/c1-15-7-8-17-10-9-16-6-4-2-3-5-11-18(12,13)14/h2-11H2,1H3,(H2,12,13,14). The fraction of sp³-hybridized carbons (Fsp3) is 1.00. The molecular formula is C11H25NO5S. The minimum absolute atomic E-state index is 0.0706. The Hall–Kier alpha value is -0.210. The molecule has 18 heavy (non-hydrogen) atoms. The van der Waals surface area contributed by atoms with Gasteiger partial charge >= 0.3 is 0 Å². The lowest BCUT2D eigenvalue weighted by molar-refractivity contribution is 0.0240. The molecule has 0 rings (SSSR count). The first-order valence-corrected chi connectivity index (χ1v) is 7.92. The molecule has 0 aromatic rings. The number of primary sulfonamides is 1. The summed E-state index contributed by atoms with van der Waals surface area (Å²) in [5.41, 5.74) is 0. The highest BCUT2D eigenvalue weighted by Gasteiger charge is 2.01. The molecule has 0 atom stereocenters. The van der Waals surface area contributed by atoms with Gasteiger partial charge in [0, 0.05) is 13.7 Å². The molecule has 0 unspecified atom stereocenters. The third-order valence-corrected chi connectivity index (χ3v) is 3.13. The lowest BCUT2D eigenvalue weighted by Gasteiger charge is -2.05. The van der Waals surface area contributed by atoms with E-state index in [1.54, 1.807) is 7.11 Å². The molecule has 0 saturated heterocycles. The van der Waals surface area contributed by atoms with E-state index in [0.29, 0.717) is 39.5 Å². The normalized spacial score (nSPS) is 11.9. The Bertz CT molecular complexity index is 269. The Morgan fingerprint density at radius 3 is 2.00 bits per heavy atom. The van der Waals surface area contributed by atoms with Gasteiger partial charge in [-0.25, -0.2) is 13.6 Å². The minimum Gasteiger partial charge on any atom is -0.382 e. The zero-order chi connectivity index (χ0) is 13.7. The Balaban J connectivity index is 3.03. The van der Waals surface area contributed by atoms with E-state index in [1.165, 1.54) is 0 Å². The topological polar surface area (TPSA) is 87.8 Å². The van der Waals surface area contributed by atoms with Crippen LogP contribution in [0.1, 0.15) is 25.7 Å². The van der Waals surface area contributed by atoms with Gasteiger partial charge in [-0.1, -0.05) is 12.8 Å². The maximum atomic E-state index is 10.6. The molecule has 0 aromatic carbocycles. The number of nitrogens with two attached hydrogens (primary N) is 1. The highest BCUT2D eigenvalue weighted by molar-refractivity contribution is 7.89. The van der Waals surface area contributed by atoms with E-state index in [4.69, 9.17) is 19.3 Å². The van der Waals surface area contributed by atoms with Crippen molar-refractivity contribution in [3.63, 3.8) is 0 Å².